The van der Waals surface area contributed by atoms with Crippen LogP contribution in [-0.2, 0) is 11.2 Å². The number of anilines is 1. The van der Waals surface area contributed by atoms with Crippen molar-refractivity contribution in [1.82, 2.24) is 29.7 Å². The van der Waals surface area contributed by atoms with Crippen LogP contribution in [0.5, 0.6) is 0 Å². The quantitative estimate of drug-likeness (QED) is 0.304. The molecule has 5 rings (SSSR count). The third-order valence-corrected chi connectivity index (χ3v) is 6.03. The van der Waals surface area contributed by atoms with Crippen molar-refractivity contribution in [2.45, 2.75) is 16.9 Å². The second kappa shape index (κ2) is 7.63. The lowest BCUT2D eigenvalue weighted by molar-refractivity contribution is -0.119. The minimum atomic E-state index is -0.552. The fourth-order valence-electron chi connectivity index (χ4n) is 3.50. The van der Waals surface area contributed by atoms with Gasteiger partial charge in [-0.1, -0.05) is 5.16 Å². The van der Waals surface area contributed by atoms with Gasteiger partial charge in [0.05, 0.1) is 35.0 Å². The van der Waals surface area contributed by atoms with Gasteiger partial charge in [-0.15, -0.1) is 0 Å². The summed E-state index contributed by atoms with van der Waals surface area (Å²) < 4.78 is 20.8. The van der Waals surface area contributed by atoms with Crippen LogP contribution in [0.15, 0.2) is 53.8 Å². The molecule has 3 aromatic heterocycles. The number of amides is 1. The molecule has 4 heterocycles. The Morgan fingerprint density at radius 2 is 2.03 bits per heavy atom. The highest BCUT2D eigenvalue weighted by molar-refractivity contribution is 14.1. The van der Waals surface area contributed by atoms with Crippen molar-refractivity contribution >= 4 is 34.2 Å². The number of rotatable bonds is 4. The van der Waals surface area contributed by atoms with Crippen molar-refractivity contribution in [1.29, 1.82) is 0 Å². The van der Waals surface area contributed by atoms with Gasteiger partial charge in [0.2, 0.25) is 12.2 Å². The zero-order valence-corrected chi connectivity index (χ0v) is 17.7. The van der Waals surface area contributed by atoms with Gasteiger partial charge in [0.1, 0.15) is 5.82 Å². The van der Waals surface area contributed by atoms with Gasteiger partial charge in [-0.05, 0) is 59.7 Å². The van der Waals surface area contributed by atoms with E-state index in [0.717, 1.165) is 29.9 Å². The Hall–Kier alpha value is -3.09. The SMILES string of the molecule is O=C(C(I)n1cc(-c2ncon2)cn1)N1CCCc2c1cnn2-c1ccc(F)cc1. The van der Waals surface area contributed by atoms with Gasteiger partial charge in [-0.2, -0.15) is 15.2 Å². The maximum atomic E-state index is 13.3. The molecule has 0 radical (unpaired) electrons. The number of fused-ring (bicyclic) bond motifs is 1. The molecule has 0 bridgehead atoms. The summed E-state index contributed by atoms with van der Waals surface area (Å²) in [7, 11) is 0. The number of carbonyl (C=O) groups excluding carboxylic acids is 1. The minimum Gasteiger partial charge on any atom is -0.342 e. The fraction of sp³-hybridized carbons (Fsp3) is 0.211. The first-order valence-corrected chi connectivity index (χ1v) is 10.5. The number of halogens is 2. The van der Waals surface area contributed by atoms with Crippen LogP contribution in [0.25, 0.3) is 17.1 Å². The highest BCUT2D eigenvalue weighted by Gasteiger charge is 2.31. The number of aromatic nitrogens is 6. The molecule has 4 aromatic rings. The summed E-state index contributed by atoms with van der Waals surface area (Å²) in [6.07, 6.45) is 7.83. The molecule has 1 unspecified atom stereocenters. The molecule has 0 aliphatic carbocycles. The zero-order valence-electron chi connectivity index (χ0n) is 15.5. The predicted octanol–water partition coefficient (Wildman–Crippen LogP) is 3.17. The Labute approximate surface area is 183 Å². The standard InChI is InChI=1S/C19H15FIN7O2/c20-13-3-5-14(6-4-13)28-15-2-1-7-26(16(15)9-24-28)19(29)17(21)27-10-12(8-23-27)18-22-11-30-25-18/h3-6,8-11,17H,1-2,7H2. The lowest BCUT2D eigenvalue weighted by Gasteiger charge is -2.29. The maximum Gasteiger partial charge on any atom is 0.262 e. The Kier molecular flexibility index (Phi) is 4.81. The van der Waals surface area contributed by atoms with Gasteiger partial charge >= 0.3 is 0 Å². The summed E-state index contributed by atoms with van der Waals surface area (Å²) in [5, 5.41) is 12.5. The van der Waals surface area contributed by atoms with Crippen molar-refractivity contribution in [2.75, 3.05) is 11.4 Å². The Morgan fingerprint density at radius 3 is 2.80 bits per heavy atom. The number of carbonyl (C=O) groups is 1. The normalized spacial score (nSPS) is 14.5. The van der Waals surface area contributed by atoms with Crippen molar-refractivity contribution in [3.63, 3.8) is 0 Å². The molecule has 0 spiro atoms. The number of hydrogen-bond acceptors (Lipinski definition) is 6. The highest BCUT2D eigenvalue weighted by Crippen LogP contribution is 2.32. The third-order valence-electron chi connectivity index (χ3n) is 4.93. The molecule has 11 heteroatoms. The van der Waals surface area contributed by atoms with E-state index in [0.29, 0.717) is 17.9 Å². The topological polar surface area (TPSA) is 94.9 Å². The number of hydrogen-bond donors (Lipinski definition) is 0. The number of benzene rings is 1. The Bertz CT molecular complexity index is 1190. The molecule has 0 N–H and O–H groups in total. The maximum absolute atomic E-state index is 13.3. The van der Waals surface area contributed by atoms with Crippen LogP contribution in [0.4, 0.5) is 10.1 Å². The number of alkyl halides is 1. The van der Waals surface area contributed by atoms with E-state index in [2.05, 4.69) is 42.9 Å². The fourth-order valence-corrected chi connectivity index (χ4v) is 4.14. The van der Waals surface area contributed by atoms with Gasteiger partial charge in [0, 0.05) is 12.7 Å². The van der Waals surface area contributed by atoms with Crippen LogP contribution in [0.1, 0.15) is 16.2 Å². The molecule has 30 heavy (non-hydrogen) atoms. The summed E-state index contributed by atoms with van der Waals surface area (Å²) in [5.41, 5.74) is 3.12. The van der Waals surface area contributed by atoms with Crippen LogP contribution in [-0.4, -0.2) is 42.2 Å². The smallest absolute Gasteiger partial charge is 0.262 e. The lowest BCUT2D eigenvalue weighted by atomic mass is 10.1. The number of nitrogens with zero attached hydrogens (tertiary/aromatic N) is 7. The molecule has 0 saturated carbocycles. The van der Waals surface area contributed by atoms with E-state index < -0.39 is 4.05 Å². The first-order valence-electron chi connectivity index (χ1n) is 9.21. The van der Waals surface area contributed by atoms with Gasteiger partial charge in [0.15, 0.2) is 4.05 Å². The third kappa shape index (κ3) is 3.28. The molecule has 1 amide bonds. The first kappa shape index (κ1) is 18.9. The first-order chi connectivity index (χ1) is 14.6. The predicted molar refractivity (Wildman–Crippen MR) is 113 cm³/mol. The van der Waals surface area contributed by atoms with Crippen molar-refractivity contribution in [3.05, 3.63) is 60.8 Å². The summed E-state index contributed by atoms with van der Waals surface area (Å²) in [6, 6.07) is 6.14. The van der Waals surface area contributed by atoms with E-state index in [9.17, 15) is 9.18 Å². The van der Waals surface area contributed by atoms with E-state index in [1.165, 1.54) is 18.5 Å². The van der Waals surface area contributed by atoms with Gasteiger partial charge in [-0.3, -0.25) is 4.79 Å². The van der Waals surface area contributed by atoms with Crippen molar-refractivity contribution in [2.24, 2.45) is 0 Å². The Balaban J connectivity index is 1.42. The van der Waals surface area contributed by atoms with Crippen LogP contribution in [0.3, 0.4) is 0 Å². The molecule has 0 saturated heterocycles. The summed E-state index contributed by atoms with van der Waals surface area (Å²) in [5.74, 6) is 0.0137. The van der Waals surface area contributed by atoms with E-state index in [1.807, 2.05) is 0 Å². The monoisotopic (exact) mass is 519 g/mol. The van der Waals surface area contributed by atoms with Crippen LogP contribution >= 0.6 is 22.6 Å². The van der Waals surface area contributed by atoms with Gasteiger partial charge in [0.25, 0.3) is 5.91 Å². The zero-order chi connectivity index (χ0) is 20.7. The molecular weight excluding hydrogens is 504 g/mol. The van der Waals surface area contributed by atoms with E-state index >= 15 is 0 Å². The van der Waals surface area contributed by atoms with Crippen LogP contribution in [0, 0.1) is 5.82 Å². The molecule has 0 fully saturated rings. The molecule has 9 nitrogen and oxygen atoms in total. The average molecular weight is 519 g/mol. The average Bonchev–Trinajstić information content (AvgIpc) is 3.53. The van der Waals surface area contributed by atoms with E-state index in [1.54, 1.807) is 45.0 Å². The summed E-state index contributed by atoms with van der Waals surface area (Å²) >= 11 is 2.06. The molecule has 1 aliphatic heterocycles. The van der Waals surface area contributed by atoms with Gasteiger partial charge in [-0.25, -0.2) is 13.8 Å². The summed E-state index contributed by atoms with van der Waals surface area (Å²) in [6.45, 7) is 0.597. The molecular formula is C19H15FIN7O2. The van der Waals surface area contributed by atoms with Crippen LogP contribution < -0.4 is 4.90 Å². The summed E-state index contributed by atoms with van der Waals surface area (Å²) in [4.78, 5) is 19.0. The van der Waals surface area contributed by atoms with E-state index in [4.69, 9.17) is 4.52 Å². The van der Waals surface area contributed by atoms with Crippen molar-refractivity contribution in [3.8, 4) is 17.1 Å². The second-order valence-electron chi connectivity index (χ2n) is 6.76. The molecule has 1 aliphatic rings. The largest absolute Gasteiger partial charge is 0.342 e. The van der Waals surface area contributed by atoms with Crippen molar-refractivity contribution < 1.29 is 13.7 Å². The van der Waals surface area contributed by atoms with E-state index in [-0.39, 0.29) is 11.7 Å². The minimum absolute atomic E-state index is 0.0991. The molecule has 1 aromatic carbocycles. The van der Waals surface area contributed by atoms with Crippen LogP contribution in [0.2, 0.25) is 0 Å². The molecule has 1 atom stereocenters. The second-order valence-corrected chi connectivity index (χ2v) is 7.94. The molecule has 152 valence electrons. The van der Waals surface area contributed by atoms with Gasteiger partial charge < -0.3 is 9.42 Å². The highest BCUT2D eigenvalue weighted by atomic mass is 127. The lowest BCUT2D eigenvalue weighted by Crippen LogP contribution is -2.39. The Morgan fingerprint density at radius 1 is 1.20 bits per heavy atom.